The van der Waals surface area contributed by atoms with Gasteiger partial charge in [-0.1, -0.05) is 0 Å². The van der Waals surface area contributed by atoms with Gasteiger partial charge in [-0.2, -0.15) is 19.9 Å². The maximum absolute atomic E-state index is 12.4. The molecule has 3 fully saturated rings. The standard InChI is InChI=1S/C21H21N9O2/c22-7-6-21(11-28(12-21)19(32)14-3-4-14)29-10-15(9-24-29)17-23-8-5-16-25-20(27-30(16)17)26-18(31)13-1-2-13/h5,8-10,13-14H,1-4,6,11-12H2,(H,26,27,31). The number of amides is 2. The number of nitriles is 1. The average molecular weight is 431 g/mol. The molecule has 0 radical (unpaired) electrons. The predicted octanol–water partition coefficient (Wildman–Crippen LogP) is 1.20. The highest BCUT2D eigenvalue weighted by atomic mass is 16.2. The SMILES string of the molecule is N#CCC1(n2cc(-c3nccc4nc(NC(=O)C5CC5)nn34)cn2)CN(C(=O)C2CC2)C1. The molecule has 0 bridgehead atoms. The van der Waals surface area contributed by atoms with Crippen LogP contribution in [0.15, 0.2) is 24.7 Å². The summed E-state index contributed by atoms with van der Waals surface area (Å²) in [5.41, 5.74) is 0.743. The van der Waals surface area contributed by atoms with E-state index in [1.54, 1.807) is 27.7 Å². The lowest BCUT2D eigenvalue weighted by Crippen LogP contribution is -2.64. The maximum Gasteiger partial charge on any atom is 0.249 e. The number of aromatic nitrogens is 6. The maximum atomic E-state index is 12.4. The Bertz CT molecular complexity index is 1270. The third-order valence-electron chi connectivity index (χ3n) is 6.38. The van der Waals surface area contributed by atoms with E-state index in [2.05, 4.69) is 31.6 Å². The highest BCUT2D eigenvalue weighted by molar-refractivity contribution is 5.92. The number of fused-ring (bicyclic) bond motifs is 1. The van der Waals surface area contributed by atoms with Crippen molar-refractivity contribution in [2.24, 2.45) is 11.8 Å². The Balaban J connectivity index is 1.28. The molecule has 11 nitrogen and oxygen atoms in total. The number of carbonyl (C=O) groups excluding carboxylic acids is 2. The molecule has 0 atom stereocenters. The van der Waals surface area contributed by atoms with E-state index in [0.29, 0.717) is 30.1 Å². The molecule has 3 aromatic rings. The Hall–Kier alpha value is -3.81. The molecule has 32 heavy (non-hydrogen) atoms. The number of nitrogens with one attached hydrogen (secondary N) is 1. The van der Waals surface area contributed by atoms with E-state index in [9.17, 15) is 14.9 Å². The Kier molecular flexibility index (Phi) is 4.05. The van der Waals surface area contributed by atoms with Crippen LogP contribution in [0.2, 0.25) is 0 Å². The summed E-state index contributed by atoms with van der Waals surface area (Å²) < 4.78 is 3.35. The van der Waals surface area contributed by atoms with Gasteiger partial charge in [0.05, 0.1) is 24.3 Å². The minimum atomic E-state index is -0.531. The average Bonchev–Trinajstić information content (AvgIpc) is 3.68. The first-order valence-corrected chi connectivity index (χ1v) is 10.8. The molecule has 1 saturated heterocycles. The molecule has 1 aliphatic heterocycles. The first-order valence-electron chi connectivity index (χ1n) is 10.8. The molecular formula is C21H21N9O2. The van der Waals surface area contributed by atoms with Crippen LogP contribution in [0.5, 0.6) is 0 Å². The van der Waals surface area contributed by atoms with Crippen LogP contribution >= 0.6 is 0 Å². The summed E-state index contributed by atoms with van der Waals surface area (Å²) in [5, 5.41) is 21.1. The van der Waals surface area contributed by atoms with Gasteiger partial charge in [0.15, 0.2) is 11.5 Å². The fourth-order valence-corrected chi connectivity index (χ4v) is 4.22. The van der Waals surface area contributed by atoms with Gasteiger partial charge in [-0.05, 0) is 25.7 Å². The van der Waals surface area contributed by atoms with Gasteiger partial charge < -0.3 is 4.90 Å². The Labute approximate surface area is 183 Å². The molecule has 0 unspecified atom stereocenters. The van der Waals surface area contributed by atoms with E-state index in [0.717, 1.165) is 25.7 Å². The molecule has 11 heteroatoms. The molecule has 0 aromatic carbocycles. The summed E-state index contributed by atoms with van der Waals surface area (Å²) in [6.07, 6.45) is 9.14. The smallest absolute Gasteiger partial charge is 0.249 e. The van der Waals surface area contributed by atoms with Gasteiger partial charge in [-0.3, -0.25) is 19.6 Å². The highest BCUT2D eigenvalue weighted by Crippen LogP contribution is 2.38. The second-order valence-electron chi connectivity index (χ2n) is 8.94. The number of anilines is 1. The number of nitrogens with zero attached hydrogens (tertiary/aromatic N) is 8. The molecule has 2 saturated carbocycles. The van der Waals surface area contributed by atoms with Gasteiger partial charge in [-0.15, -0.1) is 5.10 Å². The second kappa shape index (κ2) is 6.85. The van der Waals surface area contributed by atoms with E-state index in [-0.39, 0.29) is 36.0 Å². The van der Waals surface area contributed by atoms with E-state index in [1.807, 2.05) is 11.1 Å². The zero-order chi connectivity index (χ0) is 21.9. The second-order valence-corrected chi connectivity index (χ2v) is 8.94. The van der Waals surface area contributed by atoms with Gasteiger partial charge in [0.25, 0.3) is 0 Å². The minimum Gasteiger partial charge on any atom is -0.337 e. The number of likely N-dealkylation sites (tertiary alicyclic amines) is 1. The summed E-state index contributed by atoms with van der Waals surface area (Å²) in [5.74, 6) is 1.12. The van der Waals surface area contributed by atoms with E-state index in [1.165, 1.54) is 0 Å². The number of carbonyl (C=O) groups is 2. The third-order valence-corrected chi connectivity index (χ3v) is 6.38. The van der Waals surface area contributed by atoms with Gasteiger partial charge in [0.1, 0.15) is 5.54 Å². The van der Waals surface area contributed by atoms with Crippen LogP contribution < -0.4 is 5.32 Å². The lowest BCUT2D eigenvalue weighted by molar-refractivity contribution is -0.144. The largest absolute Gasteiger partial charge is 0.337 e. The predicted molar refractivity (Wildman–Crippen MR) is 111 cm³/mol. The van der Waals surface area contributed by atoms with Crippen molar-refractivity contribution in [1.82, 2.24) is 34.3 Å². The summed E-state index contributed by atoms with van der Waals surface area (Å²) in [6, 6.07) is 3.97. The van der Waals surface area contributed by atoms with Crippen LogP contribution in [-0.4, -0.2) is 59.2 Å². The van der Waals surface area contributed by atoms with Crippen LogP contribution in [0.3, 0.4) is 0 Å². The highest BCUT2D eigenvalue weighted by Gasteiger charge is 2.50. The van der Waals surface area contributed by atoms with Crippen molar-refractivity contribution in [2.75, 3.05) is 18.4 Å². The van der Waals surface area contributed by atoms with Crippen molar-refractivity contribution >= 4 is 23.4 Å². The van der Waals surface area contributed by atoms with Crippen molar-refractivity contribution in [1.29, 1.82) is 5.26 Å². The van der Waals surface area contributed by atoms with Crippen LogP contribution in [0.1, 0.15) is 32.1 Å². The fraction of sp³-hybridized carbons (Fsp3) is 0.476. The van der Waals surface area contributed by atoms with Gasteiger partial charge in [-0.25, -0.2) is 4.98 Å². The molecule has 3 aromatic heterocycles. The van der Waals surface area contributed by atoms with Crippen LogP contribution in [0.25, 0.3) is 17.0 Å². The van der Waals surface area contributed by atoms with E-state index < -0.39 is 5.54 Å². The number of rotatable bonds is 6. The molecule has 4 heterocycles. The molecule has 6 rings (SSSR count). The van der Waals surface area contributed by atoms with Crippen LogP contribution in [0.4, 0.5) is 5.95 Å². The van der Waals surface area contributed by atoms with Gasteiger partial charge in [0.2, 0.25) is 17.8 Å². The molecule has 162 valence electrons. The topological polar surface area (TPSA) is 134 Å². The normalized spacial score (nSPS) is 19.4. The lowest BCUT2D eigenvalue weighted by Gasteiger charge is -2.49. The summed E-state index contributed by atoms with van der Waals surface area (Å²) in [4.78, 5) is 35.1. The van der Waals surface area contributed by atoms with Crippen molar-refractivity contribution in [3.63, 3.8) is 0 Å². The van der Waals surface area contributed by atoms with Gasteiger partial charge >= 0.3 is 0 Å². The molecular weight excluding hydrogens is 410 g/mol. The van der Waals surface area contributed by atoms with Crippen LogP contribution in [0, 0.1) is 23.2 Å². The third kappa shape index (κ3) is 3.10. The summed E-state index contributed by atoms with van der Waals surface area (Å²) in [7, 11) is 0. The Morgan fingerprint density at radius 1 is 1.22 bits per heavy atom. The molecule has 1 N–H and O–H groups in total. The zero-order valence-corrected chi connectivity index (χ0v) is 17.3. The fourth-order valence-electron chi connectivity index (χ4n) is 4.22. The van der Waals surface area contributed by atoms with Crippen LogP contribution in [-0.2, 0) is 15.1 Å². The number of hydrogen-bond donors (Lipinski definition) is 1. The van der Waals surface area contributed by atoms with Gasteiger partial charge in [0, 0.05) is 43.4 Å². The lowest BCUT2D eigenvalue weighted by atomic mass is 9.86. The Morgan fingerprint density at radius 3 is 2.72 bits per heavy atom. The molecule has 2 aliphatic carbocycles. The molecule has 3 aliphatic rings. The number of hydrogen-bond acceptors (Lipinski definition) is 7. The van der Waals surface area contributed by atoms with E-state index in [4.69, 9.17) is 0 Å². The quantitative estimate of drug-likeness (QED) is 0.620. The van der Waals surface area contributed by atoms with E-state index >= 15 is 0 Å². The first-order chi connectivity index (χ1) is 15.6. The molecule has 2 amide bonds. The Morgan fingerprint density at radius 2 is 2.00 bits per heavy atom. The summed E-state index contributed by atoms with van der Waals surface area (Å²) in [6.45, 7) is 0.963. The minimum absolute atomic E-state index is 0.0580. The van der Waals surface area contributed by atoms with Crippen molar-refractivity contribution < 1.29 is 9.59 Å². The van der Waals surface area contributed by atoms with Crippen molar-refractivity contribution in [3.8, 4) is 17.5 Å². The summed E-state index contributed by atoms with van der Waals surface area (Å²) >= 11 is 0. The first kappa shape index (κ1) is 18.9. The van der Waals surface area contributed by atoms with Crippen molar-refractivity contribution in [2.45, 2.75) is 37.6 Å². The zero-order valence-electron chi connectivity index (χ0n) is 17.3. The van der Waals surface area contributed by atoms with Crippen molar-refractivity contribution in [3.05, 3.63) is 24.7 Å². The monoisotopic (exact) mass is 431 g/mol. The molecule has 0 spiro atoms.